The van der Waals surface area contributed by atoms with Crippen molar-refractivity contribution >= 4 is 17.7 Å². The number of nitrogens with one attached hydrogen (secondary N) is 1. The number of anilines is 1. The molecule has 5 nitrogen and oxygen atoms in total. The van der Waals surface area contributed by atoms with Crippen molar-refractivity contribution in [2.24, 2.45) is 0 Å². The molecule has 0 fully saturated rings. The van der Waals surface area contributed by atoms with Gasteiger partial charge in [-0.3, -0.25) is 0 Å². The topological polar surface area (TPSA) is 69.6 Å². The minimum Gasteiger partial charge on any atom is -0.478 e. The fraction of sp³-hybridized carbons (Fsp3) is 0.429. The number of carboxylic acid groups (broad SMARTS) is 1. The Hall–Kier alpha value is -2.11. The van der Waals surface area contributed by atoms with Crippen LogP contribution in [-0.4, -0.2) is 34.6 Å². The van der Waals surface area contributed by atoms with Gasteiger partial charge in [-0.2, -0.15) is 0 Å². The molecule has 0 heterocycles. The molecule has 2 N–H and O–H groups in total. The van der Waals surface area contributed by atoms with E-state index in [0.29, 0.717) is 0 Å². The van der Waals surface area contributed by atoms with Gasteiger partial charge in [0.25, 0.3) is 0 Å². The van der Waals surface area contributed by atoms with Gasteiger partial charge in [0.15, 0.2) is 0 Å². The number of hydrogen-bond acceptors (Lipinski definition) is 2. The van der Waals surface area contributed by atoms with Gasteiger partial charge < -0.3 is 15.3 Å². The van der Waals surface area contributed by atoms with Crippen LogP contribution in [0.25, 0.3) is 0 Å². The van der Waals surface area contributed by atoms with Crippen molar-refractivity contribution in [1.82, 2.24) is 4.90 Å². The summed E-state index contributed by atoms with van der Waals surface area (Å²) in [4.78, 5) is 24.4. The van der Waals surface area contributed by atoms with E-state index in [1.54, 1.807) is 7.05 Å². The van der Waals surface area contributed by atoms with Crippen LogP contribution in [0.3, 0.4) is 0 Å². The molecule has 0 bridgehead atoms. The highest BCUT2D eigenvalue weighted by Crippen LogP contribution is 2.20. The summed E-state index contributed by atoms with van der Waals surface area (Å²) < 4.78 is 13.6. The Labute approximate surface area is 117 Å². The van der Waals surface area contributed by atoms with Gasteiger partial charge in [0.05, 0.1) is 11.3 Å². The summed E-state index contributed by atoms with van der Waals surface area (Å²) >= 11 is 0. The van der Waals surface area contributed by atoms with Gasteiger partial charge in [0, 0.05) is 12.6 Å². The standard InChI is InChI=1S/C14H19FN2O3/c1-5-14(2,3)17(4)13(20)16-11-8-9(12(18)19)6-7-10(11)15/h6-8H,5H2,1-4H3,(H,16,20)(H,18,19). The fourth-order valence-corrected chi connectivity index (χ4v) is 1.47. The minimum absolute atomic E-state index is 0.0842. The molecule has 0 aliphatic heterocycles. The number of aromatic carboxylic acids is 1. The van der Waals surface area contributed by atoms with Gasteiger partial charge in [-0.05, 0) is 38.5 Å². The average molecular weight is 282 g/mol. The molecule has 1 aromatic rings. The third-order valence-corrected chi connectivity index (χ3v) is 3.53. The lowest BCUT2D eigenvalue weighted by molar-refractivity contribution is 0.0696. The summed E-state index contributed by atoms with van der Waals surface area (Å²) in [5.41, 5.74) is -0.613. The van der Waals surface area contributed by atoms with E-state index >= 15 is 0 Å². The Morgan fingerprint density at radius 2 is 2.00 bits per heavy atom. The zero-order valence-electron chi connectivity index (χ0n) is 12.0. The molecular formula is C14H19FN2O3. The third-order valence-electron chi connectivity index (χ3n) is 3.53. The molecule has 1 rings (SSSR count). The van der Waals surface area contributed by atoms with Gasteiger partial charge >= 0.3 is 12.0 Å². The summed E-state index contributed by atoms with van der Waals surface area (Å²) in [7, 11) is 1.61. The second-order valence-corrected chi connectivity index (χ2v) is 5.15. The van der Waals surface area contributed by atoms with Crippen molar-refractivity contribution in [1.29, 1.82) is 0 Å². The van der Waals surface area contributed by atoms with Crippen molar-refractivity contribution in [2.45, 2.75) is 32.7 Å². The summed E-state index contributed by atoms with van der Waals surface area (Å²) in [6.45, 7) is 5.71. The maximum atomic E-state index is 13.6. The minimum atomic E-state index is -1.18. The number of amides is 2. The Kier molecular flexibility index (Phi) is 4.70. The van der Waals surface area contributed by atoms with Crippen LogP contribution in [0.1, 0.15) is 37.6 Å². The van der Waals surface area contributed by atoms with E-state index in [0.717, 1.165) is 24.6 Å². The highest BCUT2D eigenvalue weighted by atomic mass is 19.1. The SMILES string of the molecule is CCC(C)(C)N(C)C(=O)Nc1cc(C(=O)O)ccc1F. The summed E-state index contributed by atoms with van der Waals surface area (Å²) in [6, 6.07) is 2.78. The third kappa shape index (κ3) is 3.46. The van der Waals surface area contributed by atoms with E-state index in [2.05, 4.69) is 5.32 Å². The number of carboxylic acids is 1. The highest BCUT2D eigenvalue weighted by molar-refractivity contribution is 5.93. The largest absolute Gasteiger partial charge is 0.478 e. The van der Waals surface area contributed by atoms with E-state index in [1.165, 1.54) is 4.90 Å². The number of carbonyl (C=O) groups is 2. The number of rotatable bonds is 4. The zero-order chi connectivity index (χ0) is 15.5. The monoisotopic (exact) mass is 282 g/mol. The molecule has 0 aliphatic carbocycles. The molecule has 2 amide bonds. The summed E-state index contributed by atoms with van der Waals surface area (Å²) in [5.74, 6) is -1.85. The quantitative estimate of drug-likeness (QED) is 0.891. The Balaban J connectivity index is 2.96. The number of nitrogens with zero attached hydrogens (tertiary/aromatic N) is 1. The predicted octanol–water partition coefficient (Wildman–Crippen LogP) is 3.18. The number of halogens is 1. The predicted molar refractivity (Wildman–Crippen MR) is 74.5 cm³/mol. The second kappa shape index (κ2) is 5.90. The van der Waals surface area contributed by atoms with Crippen LogP contribution in [-0.2, 0) is 0 Å². The van der Waals surface area contributed by atoms with Gasteiger partial charge in [-0.25, -0.2) is 14.0 Å². The molecule has 6 heteroatoms. The van der Waals surface area contributed by atoms with E-state index < -0.39 is 17.8 Å². The number of benzene rings is 1. The van der Waals surface area contributed by atoms with Crippen molar-refractivity contribution in [3.05, 3.63) is 29.6 Å². The van der Waals surface area contributed by atoms with Crippen LogP contribution in [0.4, 0.5) is 14.9 Å². The van der Waals surface area contributed by atoms with Crippen molar-refractivity contribution < 1.29 is 19.1 Å². The molecule has 0 aromatic heterocycles. The van der Waals surface area contributed by atoms with Gasteiger partial charge in [0.1, 0.15) is 5.82 Å². The molecular weight excluding hydrogens is 263 g/mol. The van der Waals surface area contributed by atoms with Crippen LogP contribution >= 0.6 is 0 Å². The van der Waals surface area contributed by atoms with Crippen LogP contribution in [0, 0.1) is 5.82 Å². The van der Waals surface area contributed by atoms with Crippen LogP contribution in [0.15, 0.2) is 18.2 Å². The number of hydrogen-bond donors (Lipinski definition) is 2. The van der Waals surface area contributed by atoms with E-state index in [-0.39, 0.29) is 16.8 Å². The fourth-order valence-electron chi connectivity index (χ4n) is 1.47. The summed E-state index contributed by atoms with van der Waals surface area (Å²) in [6.07, 6.45) is 0.731. The van der Waals surface area contributed by atoms with Gasteiger partial charge in [0.2, 0.25) is 0 Å². The van der Waals surface area contributed by atoms with Crippen molar-refractivity contribution in [3.63, 3.8) is 0 Å². The lowest BCUT2D eigenvalue weighted by Gasteiger charge is -2.34. The molecule has 0 unspecified atom stereocenters. The normalized spacial score (nSPS) is 11.1. The first-order valence-corrected chi connectivity index (χ1v) is 6.26. The smallest absolute Gasteiger partial charge is 0.335 e. The second-order valence-electron chi connectivity index (χ2n) is 5.15. The molecule has 0 saturated carbocycles. The maximum Gasteiger partial charge on any atom is 0.335 e. The summed E-state index contributed by atoms with van der Waals surface area (Å²) in [5, 5.41) is 11.3. The molecule has 110 valence electrons. The van der Waals surface area contributed by atoms with E-state index in [9.17, 15) is 14.0 Å². The van der Waals surface area contributed by atoms with Gasteiger partial charge in [-0.15, -0.1) is 0 Å². The maximum absolute atomic E-state index is 13.6. The first-order valence-electron chi connectivity index (χ1n) is 6.26. The zero-order valence-corrected chi connectivity index (χ0v) is 12.0. The van der Waals surface area contributed by atoms with Crippen LogP contribution in [0.5, 0.6) is 0 Å². The van der Waals surface area contributed by atoms with E-state index in [1.807, 2.05) is 20.8 Å². The van der Waals surface area contributed by atoms with Crippen molar-refractivity contribution in [2.75, 3.05) is 12.4 Å². The Bertz CT molecular complexity index is 529. The lowest BCUT2D eigenvalue weighted by atomic mass is 10.0. The molecule has 0 radical (unpaired) electrons. The van der Waals surface area contributed by atoms with E-state index in [4.69, 9.17) is 5.11 Å². The molecule has 0 saturated heterocycles. The van der Waals surface area contributed by atoms with Crippen LogP contribution in [0.2, 0.25) is 0 Å². The molecule has 0 aliphatic rings. The Morgan fingerprint density at radius 1 is 1.40 bits per heavy atom. The lowest BCUT2D eigenvalue weighted by Crippen LogP contribution is -2.46. The first kappa shape index (κ1) is 15.9. The van der Waals surface area contributed by atoms with Crippen LogP contribution < -0.4 is 5.32 Å². The number of carbonyl (C=O) groups excluding carboxylic acids is 1. The molecule has 0 spiro atoms. The molecule has 20 heavy (non-hydrogen) atoms. The average Bonchev–Trinajstić information content (AvgIpc) is 2.39. The van der Waals surface area contributed by atoms with Crippen molar-refractivity contribution in [3.8, 4) is 0 Å². The Morgan fingerprint density at radius 3 is 2.50 bits per heavy atom. The molecule has 0 atom stereocenters. The molecule has 1 aromatic carbocycles. The first-order chi connectivity index (χ1) is 9.19. The number of urea groups is 1. The van der Waals surface area contributed by atoms with Gasteiger partial charge in [-0.1, -0.05) is 6.92 Å². The highest BCUT2D eigenvalue weighted by Gasteiger charge is 2.26.